The molecule has 0 atom stereocenters. The summed E-state index contributed by atoms with van der Waals surface area (Å²) in [6, 6.07) is 0. The first-order valence-electron chi connectivity index (χ1n) is 9.86. The SMILES string of the molecule is CCOC(=O)COC1CCC(c2sc(C3CCNCC3)nc2C(N)=O)CC1. The van der Waals surface area contributed by atoms with Gasteiger partial charge >= 0.3 is 5.97 Å². The first-order valence-corrected chi connectivity index (χ1v) is 10.7. The summed E-state index contributed by atoms with van der Waals surface area (Å²) in [5.41, 5.74) is 6.08. The lowest BCUT2D eigenvalue weighted by molar-refractivity contribution is -0.151. The lowest BCUT2D eigenvalue weighted by Crippen LogP contribution is -2.26. The standard InChI is InChI=1S/C19H29N3O4S/c1-2-25-15(23)11-26-14-5-3-12(4-6-14)17-16(18(20)24)22-19(27-17)13-7-9-21-10-8-13/h12-14,21H,2-11H2,1H3,(H2,20,24). The second-order valence-electron chi connectivity index (χ2n) is 7.24. The normalized spacial score (nSPS) is 23.9. The van der Waals surface area contributed by atoms with Crippen molar-refractivity contribution in [3.63, 3.8) is 0 Å². The maximum atomic E-state index is 11.9. The molecule has 0 bridgehead atoms. The van der Waals surface area contributed by atoms with Crippen LogP contribution in [0, 0.1) is 0 Å². The van der Waals surface area contributed by atoms with Gasteiger partial charge in [0, 0.05) is 10.8 Å². The van der Waals surface area contributed by atoms with Gasteiger partial charge in [0.05, 0.1) is 17.7 Å². The number of nitrogens with zero attached hydrogens (tertiary/aromatic N) is 1. The molecule has 150 valence electrons. The summed E-state index contributed by atoms with van der Waals surface area (Å²) in [5.74, 6) is -0.0258. The maximum Gasteiger partial charge on any atom is 0.332 e. The smallest absolute Gasteiger partial charge is 0.332 e. The van der Waals surface area contributed by atoms with E-state index in [1.165, 1.54) is 0 Å². The van der Waals surface area contributed by atoms with Crippen LogP contribution < -0.4 is 11.1 Å². The highest BCUT2D eigenvalue weighted by Gasteiger charge is 2.30. The van der Waals surface area contributed by atoms with Crippen LogP contribution >= 0.6 is 11.3 Å². The third-order valence-corrected chi connectivity index (χ3v) is 6.76. The van der Waals surface area contributed by atoms with E-state index in [2.05, 4.69) is 10.3 Å². The Labute approximate surface area is 164 Å². The molecule has 1 amide bonds. The third-order valence-electron chi connectivity index (χ3n) is 5.38. The fraction of sp³-hybridized carbons (Fsp3) is 0.737. The minimum Gasteiger partial charge on any atom is -0.464 e. The largest absolute Gasteiger partial charge is 0.464 e. The highest BCUT2D eigenvalue weighted by molar-refractivity contribution is 7.12. The van der Waals surface area contributed by atoms with Crippen LogP contribution in [-0.4, -0.2) is 49.3 Å². The summed E-state index contributed by atoms with van der Waals surface area (Å²) in [4.78, 5) is 29.0. The molecule has 3 rings (SSSR count). The van der Waals surface area contributed by atoms with Gasteiger partial charge in [-0.1, -0.05) is 0 Å². The van der Waals surface area contributed by atoms with Crippen molar-refractivity contribution >= 4 is 23.2 Å². The van der Waals surface area contributed by atoms with Crippen LogP contribution in [0.3, 0.4) is 0 Å². The number of thiazole rings is 1. The summed E-state index contributed by atoms with van der Waals surface area (Å²) >= 11 is 1.67. The molecular formula is C19H29N3O4S. The van der Waals surface area contributed by atoms with E-state index in [1.807, 2.05) is 0 Å². The predicted molar refractivity (Wildman–Crippen MR) is 103 cm³/mol. The van der Waals surface area contributed by atoms with Crippen LogP contribution in [0.2, 0.25) is 0 Å². The highest BCUT2D eigenvalue weighted by atomic mass is 32.1. The topological polar surface area (TPSA) is 104 Å². The van der Waals surface area contributed by atoms with E-state index in [-0.39, 0.29) is 18.7 Å². The molecule has 2 aliphatic rings. The molecule has 2 heterocycles. The molecule has 1 aromatic heterocycles. The van der Waals surface area contributed by atoms with E-state index < -0.39 is 5.91 Å². The molecule has 3 N–H and O–H groups in total. The van der Waals surface area contributed by atoms with Gasteiger partial charge in [0.2, 0.25) is 0 Å². The number of ether oxygens (including phenoxy) is 2. The first kappa shape index (κ1) is 20.2. The Morgan fingerprint density at radius 2 is 1.85 bits per heavy atom. The van der Waals surface area contributed by atoms with Crippen LogP contribution in [-0.2, 0) is 14.3 Å². The lowest BCUT2D eigenvalue weighted by Gasteiger charge is -2.28. The predicted octanol–water partition coefficient (Wildman–Crippen LogP) is 2.31. The molecule has 0 radical (unpaired) electrons. The fourth-order valence-electron chi connectivity index (χ4n) is 3.93. The molecule has 0 spiro atoms. The quantitative estimate of drug-likeness (QED) is 0.687. The number of nitrogens with two attached hydrogens (primary N) is 1. The van der Waals surface area contributed by atoms with Gasteiger partial charge < -0.3 is 20.5 Å². The number of piperidine rings is 1. The van der Waals surface area contributed by atoms with E-state index in [0.29, 0.717) is 24.1 Å². The molecule has 1 saturated carbocycles. The molecule has 1 aliphatic carbocycles. The van der Waals surface area contributed by atoms with Gasteiger partial charge in [-0.25, -0.2) is 9.78 Å². The molecule has 8 heteroatoms. The number of nitrogens with one attached hydrogen (secondary N) is 1. The van der Waals surface area contributed by atoms with E-state index in [1.54, 1.807) is 18.3 Å². The zero-order valence-corrected chi connectivity index (χ0v) is 16.7. The zero-order valence-electron chi connectivity index (χ0n) is 15.9. The summed E-state index contributed by atoms with van der Waals surface area (Å²) in [6.45, 7) is 4.15. The Balaban J connectivity index is 1.60. The average molecular weight is 396 g/mol. The fourth-order valence-corrected chi connectivity index (χ4v) is 5.34. The molecule has 0 aromatic carbocycles. The van der Waals surface area contributed by atoms with Crippen LogP contribution in [0.5, 0.6) is 0 Å². The Hall–Kier alpha value is -1.51. The molecular weight excluding hydrogens is 366 g/mol. The van der Waals surface area contributed by atoms with Gasteiger partial charge in [-0.2, -0.15) is 0 Å². The van der Waals surface area contributed by atoms with Crippen molar-refractivity contribution in [3.05, 3.63) is 15.6 Å². The van der Waals surface area contributed by atoms with E-state index >= 15 is 0 Å². The zero-order chi connectivity index (χ0) is 19.2. The van der Waals surface area contributed by atoms with Crippen molar-refractivity contribution < 1.29 is 19.1 Å². The van der Waals surface area contributed by atoms with Crippen LogP contribution in [0.15, 0.2) is 0 Å². The lowest BCUT2D eigenvalue weighted by atomic mass is 9.85. The van der Waals surface area contributed by atoms with Crippen molar-refractivity contribution in [1.82, 2.24) is 10.3 Å². The number of carbonyl (C=O) groups is 2. The van der Waals surface area contributed by atoms with Gasteiger partial charge in [0.25, 0.3) is 5.91 Å². The van der Waals surface area contributed by atoms with E-state index in [4.69, 9.17) is 15.2 Å². The van der Waals surface area contributed by atoms with Gasteiger partial charge in [0.15, 0.2) is 0 Å². The molecule has 2 fully saturated rings. The Kier molecular flexibility index (Phi) is 7.20. The Morgan fingerprint density at radius 1 is 1.15 bits per heavy atom. The molecule has 1 aromatic rings. The van der Waals surface area contributed by atoms with Gasteiger partial charge in [-0.3, -0.25) is 4.79 Å². The van der Waals surface area contributed by atoms with Gasteiger partial charge in [-0.15, -0.1) is 11.3 Å². The van der Waals surface area contributed by atoms with Crippen LogP contribution in [0.4, 0.5) is 0 Å². The van der Waals surface area contributed by atoms with E-state index in [9.17, 15) is 9.59 Å². The number of hydrogen-bond donors (Lipinski definition) is 2. The third kappa shape index (κ3) is 5.27. The summed E-state index contributed by atoms with van der Waals surface area (Å²) in [6.07, 6.45) is 5.74. The molecule has 0 unspecified atom stereocenters. The number of rotatable bonds is 7. The monoisotopic (exact) mass is 395 g/mol. The van der Waals surface area contributed by atoms with Crippen molar-refractivity contribution in [2.45, 2.75) is 63.4 Å². The molecule has 1 saturated heterocycles. The summed E-state index contributed by atoms with van der Waals surface area (Å²) in [5, 5.41) is 4.42. The number of aromatic nitrogens is 1. The minimum atomic E-state index is -0.429. The first-order chi connectivity index (χ1) is 13.1. The number of esters is 1. The Morgan fingerprint density at radius 3 is 2.48 bits per heavy atom. The van der Waals surface area contributed by atoms with E-state index in [0.717, 1.165) is 61.5 Å². The average Bonchev–Trinajstić information content (AvgIpc) is 3.13. The molecule has 27 heavy (non-hydrogen) atoms. The molecule has 7 nitrogen and oxygen atoms in total. The second-order valence-corrected chi connectivity index (χ2v) is 8.31. The summed E-state index contributed by atoms with van der Waals surface area (Å²) in [7, 11) is 0. The van der Waals surface area contributed by atoms with Crippen molar-refractivity contribution in [2.24, 2.45) is 5.73 Å². The maximum absolute atomic E-state index is 11.9. The van der Waals surface area contributed by atoms with Gasteiger partial charge in [0.1, 0.15) is 12.3 Å². The second kappa shape index (κ2) is 9.61. The van der Waals surface area contributed by atoms with Crippen LogP contribution in [0.25, 0.3) is 0 Å². The van der Waals surface area contributed by atoms with Crippen LogP contribution in [0.1, 0.15) is 77.7 Å². The van der Waals surface area contributed by atoms with Gasteiger partial charge in [-0.05, 0) is 64.5 Å². The van der Waals surface area contributed by atoms with Crippen molar-refractivity contribution in [3.8, 4) is 0 Å². The number of hydrogen-bond acceptors (Lipinski definition) is 7. The summed E-state index contributed by atoms with van der Waals surface area (Å²) < 4.78 is 10.6. The number of carbonyl (C=O) groups excluding carboxylic acids is 2. The Bertz CT molecular complexity index is 649. The number of primary amides is 1. The van der Waals surface area contributed by atoms with Crippen molar-refractivity contribution in [2.75, 3.05) is 26.3 Å². The molecule has 1 aliphatic heterocycles. The van der Waals surface area contributed by atoms with Crippen molar-refractivity contribution in [1.29, 1.82) is 0 Å². The minimum absolute atomic E-state index is 0.0101. The highest BCUT2D eigenvalue weighted by Crippen LogP contribution is 2.41. The number of amides is 1.